The first-order valence-corrected chi connectivity index (χ1v) is 12.0. The third-order valence-electron chi connectivity index (χ3n) is 5.86. The average molecular weight is 469 g/mol. The fraction of sp³-hybridized carbons (Fsp3) is 0.273. The number of aromatic nitrogens is 5. The van der Waals surface area contributed by atoms with Crippen molar-refractivity contribution in [2.45, 2.75) is 30.2 Å². The molecule has 0 aliphatic carbocycles. The summed E-state index contributed by atoms with van der Waals surface area (Å²) in [5.41, 5.74) is 0.883. The van der Waals surface area contributed by atoms with Gasteiger partial charge in [-0.3, -0.25) is 4.79 Å². The zero-order valence-corrected chi connectivity index (χ0v) is 18.4. The number of sulfonamides is 1. The maximum absolute atomic E-state index is 13.2. The van der Waals surface area contributed by atoms with Gasteiger partial charge < -0.3 is 4.98 Å². The van der Waals surface area contributed by atoms with E-state index in [9.17, 15) is 17.6 Å². The summed E-state index contributed by atoms with van der Waals surface area (Å²) in [5, 5.41) is 7.98. The van der Waals surface area contributed by atoms with Gasteiger partial charge in [-0.1, -0.05) is 35.5 Å². The summed E-state index contributed by atoms with van der Waals surface area (Å²) in [6.07, 6.45) is 1.06. The molecule has 0 bridgehead atoms. The number of nitrogens with zero attached hydrogens (tertiary/aromatic N) is 5. The van der Waals surface area contributed by atoms with Crippen molar-refractivity contribution in [3.63, 3.8) is 0 Å². The van der Waals surface area contributed by atoms with Gasteiger partial charge in [0.25, 0.3) is 5.56 Å². The fourth-order valence-electron chi connectivity index (χ4n) is 4.06. The van der Waals surface area contributed by atoms with E-state index in [0.717, 1.165) is 5.56 Å². The summed E-state index contributed by atoms with van der Waals surface area (Å²) in [6.45, 7) is 0.952. The second-order valence-corrected chi connectivity index (χ2v) is 9.93. The van der Waals surface area contributed by atoms with E-state index < -0.39 is 10.0 Å². The maximum Gasteiger partial charge on any atom is 0.281 e. The summed E-state index contributed by atoms with van der Waals surface area (Å²) in [7, 11) is -3.56. The number of halogens is 1. The Morgan fingerprint density at radius 2 is 1.73 bits per heavy atom. The number of fused-ring (bicyclic) bond motifs is 1. The first kappa shape index (κ1) is 21.4. The van der Waals surface area contributed by atoms with E-state index in [0.29, 0.717) is 43.9 Å². The average Bonchev–Trinajstić information content (AvgIpc) is 3.24. The van der Waals surface area contributed by atoms with Crippen LogP contribution in [0.2, 0.25) is 0 Å². The lowest BCUT2D eigenvalue weighted by Crippen LogP contribution is -2.38. The maximum atomic E-state index is 13.2. The van der Waals surface area contributed by atoms with Crippen molar-refractivity contribution in [2.75, 3.05) is 13.1 Å². The molecule has 0 saturated carbocycles. The summed E-state index contributed by atoms with van der Waals surface area (Å²) in [4.78, 5) is 20.3. The Bertz CT molecular complexity index is 1440. The van der Waals surface area contributed by atoms with Crippen LogP contribution in [0.4, 0.5) is 4.39 Å². The molecule has 9 nitrogen and oxygen atoms in total. The van der Waals surface area contributed by atoms with Crippen LogP contribution in [0, 0.1) is 5.82 Å². The van der Waals surface area contributed by atoms with Gasteiger partial charge in [-0.05, 0) is 42.7 Å². The third kappa shape index (κ3) is 4.16. The Labute approximate surface area is 188 Å². The molecule has 1 N–H and O–H groups in total. The molecule has 3 heterocycles. The molecule has 11 heteroatoms. The number of H-pyrrole nitrogens is 1. The Morgan fingerprint density at radius 3 is 2.42 bits per heavy atom. The van der Waals surface area contributed by atoms with Crippen LogP contribution < -0.4 is 5.56 Å². The summed E-state index contributed by atoms with van der Waals surface area (Å²) < 4.78 is 41.9. The first-order chi connectivity index (χ1) is 15.9. The van der Waals surface area contributed by atoms with Crippen molar-refractivity contribution < 1.29 is 12.8 Å². The van der Waals surface area contributed by atoms with Crippen LogP contribution in [0.5, 0.6) is 0 Å². The monoisotopic (exact) mass is 468 g/mol. The van der Waals surface area contributed by atoms with Gasteiger partial charge in [0.1, 0.15) is 11.6 Å². The van der Waals surface area contributed by atoms with Crippen LogP contribution in [0.25, 0.3) is 11.2 Å². The topological polar surface area (TPSA) is 114 Å². The highest BCUT2D eigenvalue weighted by Gasteiger charge is 2.31. The second-order valence-electron chi connectivity index (χ2n) is 7.99. The van der Waals surface area contributed by atoms with E-state index in [1.807, 2.05) is 0 Å². The van der Waals surface area contributed by atoms with Gasteiger partial charge >= 0.3 is 0 Å². The fourth-order valence-corrected chi connectivity index (χ4v) is 5.55. The Balaban J connectivity index is 1.37. The first-order valence-electron chi connectivity index (χ1n) is 10.5. The minimum Gasteiger partial charge on any atom is -0.308 e. The van der Waals surface area contributed by atoms with Gasteiger partial charge in [0.15, 0.2) is 11.2 Å². The third-order valence-corrected chi connectivity index (χ3v) is 7.77. The van der Waals surface area contributed by atoms with Crippen LogP contribution in [0.15, 0.2) is 64.3 Å². The number of aromatic amines is 1. The van der Waals surface area contributed by atoms with E-state index in [2.05, 4.69) is 20.3 Å². The summed E-state index contributed by atoms with van der Waals surface area (Å²) >= 11 is 0. The van der Waals surface area contributed by atoms with Crippen molar-refractivity contribution in [1.82, 2.24) is 29.3 Å². The Kier molecular flexibility index (Phi) is 5.51. The van der Waals surface area contributed by atoms with Crippen LogP contribution in [-0.4, -0.2) is 50.8 Å². The van der Waals surface area contributed by atoms with Crippen molar-refractivity contribution >= 4 is 21.2 Å². The van der Waals surface area contributed by atoms with Crippen molar-refractivity contribution in [3.8, 4) is 0 Å². The molecule has 0 radical (unpaired) electrons. The van der Waals surface area contributed by atoms with Crippen LogP contribution in [0.3, 0.4) is 0 Å². The molecular weight excluding hydrogens is 447 g/mol. The van der Waals surface area contributed by atoms with E-state index in [-0.39, 0.29) is 27.7 Å². The molecule has 1 aliphatic heterocycles. The molecule has 0 unspecified atom stereocenters. The quantitative estimate of drug-likeness (QED) is 0.481. The van der Waals surface area contributed by atoms with Crippen molar-refractivity contribution in [1.29, 1.82) is 0 Å². The smallest absolute Gasteiger partial charge is 0.281 e. The van der Waals surface area contributed by atoms with Crippen LogP contribution in [-0.2, 0) is 16.6 Å². The number of rotatable bonds is 5. The predicted molar refractivity (Wildman–Crippen MR) is 119 cm³/mol. The Hall–Kier alpha value is -3.44. The molecular formula is C22H21FN6O3S. The summed E-state index contributed by atoms with van der Waals surface area (Å²) in [5.74, 6) is 0.0603. The number of benzene rings is 2. The SMILES string of the molecule is O=c1[nH]c(C2CCN(S(=O)(=O)c3ccccc3)CC2)nc2c1nnn2Cc1ccc(F)cc1. The standard InChI is InChI=1S/C22H21FN6O3S/c23-17-8-6-15(7-9-17)14-29-21-19(26-27-29)22(30)25-20(24-21)16-10-12-28(13-11-16)33(31,32)18-4-2-1-3-5-18/h1-9,16H,10-14H2,(H,24,25,30). The van der Waals surface area contributed by atoms with Crippen molar-refractivity contribution in [2.24, 2.45) is 0 Å². The molecule has 1 fully saturated rings. The minimum absolute atomic E-state index is 0.0986. The van der Waals surface area contributed by atoms with E-state index >= 15 is 0 Å². The molecule has 1 aliphatic rings. The Morgan fingerprint density at radius 1 is 1.03 bits per heavy atom. The molecule has 0 atom stereocenters. The summed E-state index contributed by atoms with van der Waals surface area (Å²) in [6, 6.07) is 14.3. The van der Waals surface area contributed by atoms with E-state index in [1.165, 1.54) is 21.1 Å². The molecule has 33 heavy (non-hydrogen) atoms. The number of hydrogen-bond acceptors (Lipinski definition) is 6. The van der Waals surface area contributed by atoms with Gasteiger partial charge in [0.2, 0.25) is 10.0 Å². The molecule has 0 amide bonds. The molecule has 170 valence electrons. The van der Waals surface area contributed by atoms with Gasteiger partial charge in [-0.15, -0.1) is 5.10 Å². The van der Waals surface area contributed by atoms with Crippen LogP contribution >= 0.6 is 0 Å². The van der Waals surface area contributed by atoms with Gasteiger partial charge in [0.05, 0.1) is 11.4 Å². The molecule has 2 aromatic carbocycles. The van der Waals surface area contributed by atoms with Crippen molar-refractivity contribution in [3.05, 3.63) is 82.2 Å². The molecule has 1 saturated heterocycles. The zero-order chi connectivity index (χ0) is 23.0. The lowest BCUT2D eigenvalue weighted by molar-refractivity contribution is 0.313. The van der Waals surface area contributed by atoms with E-state index in [4.69, 9.17) is 0 Å². The lowest BCUT2D eigenvalue weighted by Gasteiger charge is -2.30. The largest absolute Gasteiger partial charge is 0.308 e. The van der Waals surface area contributed by atoms with E-state index in [1.54, 1.807) is 42.5 Å². The van der Waals surface area contributed by atoms with Crippen LogP contribution in [0.1, 0.15) is 30.1 Å². The normalized spacial score (nSPS) is 15.8. The number of hydrogen-bond donors (Lipinski definition) is 1. The predicted octanol–water partition coefficient (Wildman–Crippen LogP) is 2.27. The minimum atomic E-state index is -3.56. The lowest BCUT2D eigenvalue weighted by atomic mass is 9.97. The zero-order valence-electron chi connectivity index (χ0n) is 17.6. The molecule has 2 aromatic heterocycles. The second kappa shape index (κ2) is 8.49. The van der Waals surface area contributed by atoms with Gasteiger partial charge in [0, 0.05) is 19.0 Å². The van der Waals surface area contributed by atoms with Gasteiger partial charge in [-0.25, -0.2) is 22.5 Å². The van der Waals surface area contributed by atoms with Gasteiger partial charge in [-0.2, -0.15) is 4.31 Å². The molecule has 5 rings (SSSR count). The molecule has 0 spiro atoms. The highest BCUT2D eigenvalue weighted by Crippen LogP contribution is 2.29. The molecule has 4 aromatic rings. The highest BCUT2D eigenvalue weighted by atomic mass is 32.2. The highest BCUT2D eigenvalue weighted by molar-refractivity contribution is 7.89. The number of piperidine rings is 1. The number of nitrogens with one attached hydrogen (secondary N) is 1.